The molecule has 0 fully saturated rings. The van der Waals surface area contributed by atoms with Crippen molar-refractivity contribution in [2.24, 2.45) is 5.92 Å². The molecule has 0 bridgehead atoms. The summed E-state index contributed by atoms with van der Waals surface area (Å²) in [6.45, 7) is 5.90. The SMILES string of the molecule is CC(C)COCCNC(=O)c1ncccc1Br. The molecule has 94 valence electrons. The van der Waals surface area contributed by atoms with Crippen molar-refractivity contribution in [3.63, 3.8) is 0 Å². The lowest BCUT2D eigenvalue weighted by molar-refractivity contribution is 0.0881. The zero-order valence-corrected chi connectivity index (χ0v) is 11.7. The van der Waals surface area contributed by atoms with Gasteiger partial charge in [0, 0.05) is 23.8 Å². The molecule has 0 aliphatic rings. The zero-order valence-electron chi connectivity index (χ0n) is 10.1. The van der Waals surface area contributed by atoms with Crippen LogP contribution in [0.4, 0.5) is 0 Å². The number of carbonyl (C=O) groups excluding carboxylic acids is 1. The highest BCUT2D eigenvalue weighted by Crippen LogP contribution is 2.12. The second-order valence-electron chi connectivity index (χ2n) is 4.06. The summed E-state index contributed by atoms with van der Waals surface area (Å²) in [5, 5.41) is 2.76. The van der Waals surface area contributed by atoms with Crippen LogP contribution in [0.2, 0.25) is 0 Å². The van der Waals surface area contributed by atoms with Gasteiger partial charge < -0.3 is 10.1 Å². The molecule has 1 aromatic heterocycles. The van der Waals surface area contributed by atoms with Crippen LogP contribution in [0.3, 0.4) is 0 Å². The number of nitrogens with one attached hydrogen (secondary N) is 1. The van der Waals surface area contributed by atoms with Crippen LogP contribution in [-0.4, -0.2) is 30.6 Å². The predicted molar refractivity (Wildman–Crippen MR) is 69.9 cm³/mol. The first-order chi connectivity index (χ1) is 8.11. The molecule has 1 heterocycles. The van der Waals surface area contributed by atoms with Crippen LogP contribution in [0.15, 0.2) is 22.8 Å². The largest absolute Gasteiger partial charge is 0.379 e. The molecule has 0 spiro atoms. The number of hydrogen-bond donors (Lipinski definition) is 1. The Morgan fingerprint density at radius 2 is 2.35 bits per heavy atom. The zero-order chi connectivity index (χ0) is 12.7. The maximum atomic E-state index is 11.7. The predicted octanol–water partition coefficient (Wildman–Crippen LogP) is 2.25. The Morgan fingerprint density at radius 1 is 1.59 bits per heavy atom. The minimum Gasteiger partial charge on any atom is -0.379 e. The van der Waals surface area contributed by atoms with E-state index in [0.717, 1.165) is 0 Å². The molecule has 0 unspecified atom stereocenters. The molecule has 0 aliphatic carbocycles. The van der Waals surface area contributed by atoms with Crippen molar-refractivity contribution >= 4 is 21.8 Å². The maximum absolute atomic E-state index is 11.7. The summed E-state index contributed by atoms with van der Waals surface area (Å²) < 4.78 is 6.06. The summed E-state index contributed by atoms with van der Waals surface area (Å²) in [5.74, 6) is 0.321. The minimum atomic E-state index is -0.189. The normalized spacial score (nSPS) is 10.6. The van der Waals surface area contributed by atoms with Gasteiger partial charge >= 0.3 is 0 Å². The third kappa shape index (κ3) is 5.28. The molecule has 0 aliphatic heterocycles. The van der Waals surface area contributed by atoms with Crippen LogP contribution in [0.25, 0.3) is 0 Å². The second-order valence-corrected chi connectivity index (χ2v) is 4.91. The van der Waals surface area contributed by atoms with Gasteiger partial charge in [-0.3, -0.25) is 4.79 Å². The summed E-state index contributed by atoms with van der Waals surface area (Å²) in [7, 11) is 0. The molecule has 0 saturated heterocycles. The molecule has 1 amide bonds. The molecule has 1 rings (SSSR count). The highest BCUT2D eigenvalue weighted by atomic mass is 79.9. The van der Waals surface area contributed by atoms with Crippen molar-refractivity contribution in [1.29, 1.82) is 0 Å². The van der Waals surface area contributed by atoms with Crippen molar-refractivity contribution in [3.05, 3.63) is 28.5 Å². The van der Waals surface area contributed by atoms with E-state index in [2.05, 4.69) is 40.1 Å². The van der Waals surface area contributed by atoms with Crippen molar-refractivity contribution in [2.45, 2.75) is 13.8 Å². The molecular formula is C12H17BrN2O2. The van der Waals surface area contributed by atoms with Gasteiger partial charge in [0.25, 0.3) is 5.91 Å². The maximum Gasteiger partial charge on any atom is 0.271 e. The Morgan fingerprint density at radius 3 is 3.00 bits per heavy atom. The molecule has 17 heavy (non-hydrogen) atoms. The molecule has 0 aromatic carbocycles. The highest BCUT2D eigenvalue weighted by molar-refractivity contribution is 9.10. The number of rotatable bonds is 6. The molecule has 0 radical (unpaired) electrons. The van der Waals surface area contributed by atoms with E-state index in [4.69, 9.17) is 4.74 Å². The third-order valence-corrected chi connectivity index (χ3v) is 2.60. The molecule has 1 N–H and O–H groups in total. The van der Waals surface area contributed by atoms with Gasteiger partial charge in [-0.2, -0.15) is 0 Å². The summed E-state index contributed by atoms with van der Waals surface area (Å²) in [5.41, 5.74) is 0.399. The van der Waals surface area contributed by atoms with Crippen LogP contribution in [-0.2, 0) is 4.74 Å². The van der Waals surface area contributed by atoms with Crippen LogP contribution in [0.1, 0.15) is 24.3 Å². The lowest BCUT2D eigenvalue weighted by atomic mass is 10.2. The number of carbonyl (C=O) groups is 1. The van der Waals surface area contributed by atoms with Gasteiger partial charge in [-0.1, -0.05) is 13.8 Å². The minimum absolute atomic E-state index is 0.189. The number of amides is 1. The van der Waals surface area contributed by atoms with E-state index >= 15 is 0 Å². The van der Waals surface area contributed by atoms with E-state index in [-0.39, 0.29) is 5.91 Å². The van der Waals surface area contributed by atoms with E-state index in [0.29, 0.717) is 35.8 Å². The summed E-state index contributed by atoms with van der Waals surface area (Å²) in [4.78, 5) is 15.7. The fraction of sp³-hybridized carbons (Fsp3) is 0.500. The number of ether oxygens (including phenoxy) is 1. The van der Waals surface area contributed by atoms with Crippen molar-refractivity contribution < 1.29 is 9.53 Å². The van der Waals surface area contributed by atoms with Crippen LogP contribution in [0, 0.1) is 5.92 Å². The van der Waals surface area contributed by atoms with E-state index in [1.54, 1.807) is 18.3 Å². The first-order valence-corrected chi connectivity index (χ1v) is 6.37. The summed E-state index contributed by atoms with van der Waals surface area (Å²) in [6, 6.07) is 3.56. The number of hydrogen-bond acceptors (Lipinski definition) is 3. The van der Waals surface area contributed by atoms with Crippen LogP contribution < -0.4 is 5.32 Å². The van der Waals surface area contributed by atoms with Crippen LogP contribution >= 0.6 is 15.9 Å². The molecule has 0 saturated carbocycles. The topological polar surface area (TPSA) is 51.2 Å². The van der Waals surface area contributed by atoms with Crippen LogP contribution in [0.5, 0.6) is 0 Å². The quantitative estimate of drug-likeness (QED) is 0.820. The van der Waals surface area contributed by atoms with E-state index in [9.17, 15) is 4.79 Å². The molecule has 1 aromatic rings. The van der Waals surface area contributed by atoms with Gasteiger partial charge in [0.2, 0.25) is 0 Å². The lowest BCUT2D eigenvalue weighted by Crippen LogP contribution is -2.28. The summed E-state index contributed by atoms with van der Waals surface area (Å²) >= 11 is 3.28. The first kappa shape index (κ1) is 14.1. The smallest absolute Gasteiger partial charge is 0.271 e. The Labute approximate surface area is 110 Å². The molecule has 4 nitrogen and oxygen atoms in total. The number of halogens is 1. The van der Waals surface area contributed by atoms with Gasteiger partial charge in [0.05, 0.1) is 6.61 Å². The fourth-order valence-electron chi connectivity index (χ4n) is 1.19. The second kappa shape index (κ2) is 7.40. The van der Waals surface area contributed by atoms with Gasteiger partial charge in [-0.25, -0.2) is 4.98 Å². The number of aromatic nitrogens is 1. The molecular weight excluding hydrogens is 284 g/mol. The monoisotopic (exact) mass is 300 g/mol. The molecule has 0 atom stereocenters. The highest BCUT2D eigenvalue weighted by Gasteiger charge is 2.09. The Hall–Kier alpha value is -0.940. The van der Waals surface area contributed by atoms with Crippen molar-refractivity contribution in [1.82, 2.24) is 10.3 Å². The van der Waals surface area contributed by atoms with Gasteiger partial charge in [0.1, 0.15) is 5.69 Å². The average Bonchev–Trinajstić information content (AvgIpc) is 2.28. The third-order valence-electron chi connectivity index (χ3n) is 1.96. The number of nitrogens with zero attached hydrogens (tertiary/aromatic N) is 1. The Balaban J connectivity index is 2.29. The van der Waals surface area contributed by atoms with E-state index in [1.807, 2.05) is 0 Å². The van der Waals surface area contributed by atoms with Gasteiger partial charge in [-0.05, 0) is 34.0 Å². The van der Waals surface area contributed by atoms with Gasteiger partial charge in [-0.15, -0.1) is 0 Å². The molecule has 5 heteroatoms. The first-order valence-electron chi connectivity index (χ1n) is 5.57. The Kier molecular flexibility index (Phi) is 6.15. The average molecular weight is 301 g/mol. The van der Waals surface area contributed by atoms with E-state index < -0.39 is 0 Å². The van der Waals surface area contributed by atoms with Crippen molar-refractivity contribution in [3.8, 4) is 0 Å². The standard InChI is InChI=1S/C12H17BrN2O2/c1-9(2)8-17-7-6-15-12(16)11-10(13)4-3-5-14-11/h3-5,9H,6-8H2,1-2H3,(H,15,16). The lowest BCUT2D eigenvalue weighted by Gasteiger charge is -2.08. The van der Waals surface area contributed by atoms with E-state index in [1.165, 1.54) is 0 Å². The Bertz CT molecular complexity index is 369. The van der Waals surface area contributed by atoms with Crippen molar-refractivity contribution in [2.75, 3.05) is 19.8 Å². The summed E-state index contributed by atoms with van der Waals surface area (Å²) in [6.07, 6.45) is 1.59. The fourth-order valence-corrected chi connectivity index (χ4v) is 1.63. The number of pyridine rings is 1. The van der Waals surface area contributed by atoms with Gasteiger partial charge in [0.15, 0.2) is 0 Å².